The molecule has 1 fully saturated rings. The van der Waals surface area contributed by atoms with Crippen molar-refractivity contribution in [1.82, 2.24) is 10.6 Å². The molecule has 2 rings (SSSR count). The quantitative estimate of drug-likeness (QED) is 0.685. The second-order valence-electron chi connectivity index (χ2n) is 6.27. The van der Waals surface area contributed by atoms with Gasteiger partial charge in [-0.25, -0.2) is 9.59 Å². The lowest BCUT2D eigenvalue weighted by molar-refractivity contribution is -0.150. The molecule has 0 unspecified atom stereocenters. The van der Waals surface area contributed by atoms with Crippen molar-refractivity contribution in [2.45, 2.75) is 32.7 Å². The Hall–Kier alpha value is -3.10. The molecule has 0 aliphatic carbocycles. The first-order valence-electron chi connectivity index (χ1n) is 8.64. The second-order valence-corrected chi connectivity index (χ2v) is 6.27. The number of urea groups is 1. The zero-order valence-corrected chi connectivity index (χ0v) is 15.3. The first kappa shape index (κ1) is 20.2. The monoisotopic (exact) mass is 377 g/mol. The van der Waals surface area contributed by atoms with Gasteiger partial charge in [0.2, 0.25) is 5.91 Å². The summed E-state index contributed by atoms with van der Waals surface area (Å²) in [6, 6.07) is 6.01. The predicted octanol–water partition coefficient (Wildman–Crippen LogP) is 0.970. The van der Waals surface area contributed by atoms with Gasteiger partial charge < -0.3 is 19.7 Å². The number of benzene rings is 1. The van der Waals surface area contributed by atoms with Gasteiger partial charge in [0.05, 0.1) is 0 Å². The maximum absolute atomic E-state index is 11.7. The molecule has 146 valence electrons. The Labute approximate surface area is 157 Å². The van der Waals surface area contributed by atoms with Crippen LogP contribution in [0.5, 0.6) is 5.75 Å². The molecule has 0 aromatic heterocycles. The normalized spacial score (nSPS) is 13.4. The average molecular weight is 377 g/mol. The minimum atomic E-state index is -0.742. The fourth-order valence-electron chi connectivity index (χ4n) is 2.43. The van der Waals surface area contributed by atoms with Gasteiger partial charge in [-0.3, -0.25) is 14.9 Å². The number of carbonyl (C=O) groups is 4. The van der Waals surface area contributed by atoms with Crippen molar-refractivity contribution in [3.8, 4) is 5.75 Å². The van der Waals surface area contributed by atoms with E-state index in [0.717, 1.165) is 12.1 Å². The summed E-state index contributed by atoms with van der Waals surface area (Å²) >= 11 is 0. The van der Waals surface area contributed by atoms with Crippen molar-refractivity contribution in [2.24, 2.45) is 0 Å². The lowest BCUT2D eigenvalue weighted by atomic mass is 10.3. The maximum atomic E-state index is 11.7. The van der Waals surface area contributed by atoms with E-state index in [1.165, 1.54) is 0 Å². The van der Waals surface area contributed by atoms with Crippen LogP contribution >= 0.6 is 0 Å². The molecule has 4 amide bonds. The smallest absolute Gasteiger partial charge is 0.344 e. The van der Waals surface area contributed by atoms with Crippen molar-refractivity contribution in [2.75, 3.05) is 24.7 Å². The van der Waals surface area contributed by atoms with Crippen LogP contribution in [0.1, 0.15) is 26.7 Å². The highest BCUT2D eigenvalue weighted by molar-refractivity contribution is 5.96. The third-order valence-electron chi connectivity index (χ3n) is 3.62. The van der Waals surface area contributed by atoms with Crippen LogP contribution in [0, 0.1) is 0 Å². The van der Waals surface area contributed by atoms with Gasteiger partial charge in [0.25, 0.3) is 5.91 Å². The summed E-state index contributed by atoms with van der Waals surface area (Å²) in [5.74, 6) is -0.954. The molecule has 1 saturated heterocycles. The highest BCUT2D eigenvalue weighted by Crippen LogP contribution is 2.23. The van der Waals surface area contributed by atoms with Crippen LogP contribution in [0.15, 0.2) is 24.3 Å². The van der Waals surface area contributed by atoms with Crippen LogP contribution in [0.4, 0.5) is 10.5 Å². The molecule has 2 N–H and O–H groups in total. The molecule has 9 heteroatoms. The number of rotatable bonds is 7. The van der Waals surface area contributed by atoms with Crippen molar-refractivity contribution in [3.05, 3.63) is 24.3 Å². The number of ether oxygens (including phenoxy) is 2. The van der Waals surface area contributed by atoms with E-state index < -0.39 is 24.5 Å². The summed E-state index contributed by atoms with van der Waals surface area (Å²) in [5, 5.41) is 4.51. The Kier molecular flexibility index (Phi) is 7.16. The number of esters is 1. The lowest BCUT2D eigenvalue weighted by Crippen LogP contribution is -2.44. The molecule has 9 nitrogen and oxygen atoms in total. The molecular formula is C18H23N3O6. The molecule has 1 aliphatic heterocycles. The molecule has 0 spiro atoms. The third-order valence-corrected chi connectivity index (χ3v) is 3.62. The molecule has 1 aromatic carbocycles. The summed E-state index contributed by atoms with van der Waals surface area (Å²) in [6.45, 7) is 3.23. The zero-order valence-electron chi connectivity index (χ0n) is 15.3. The Balaban J connectivity index is 1.70. The van der Waals surface area contributed by atoms with Crippen LogP contribution in [-0.4, -0.2) is 49.6 Å². The van der Waals surface area contributed by atoms with Crippen molar-refractivity contribution in [3.63, 3.8) is 0 Å². The van der Waals surface area contributed by atoms with E-state index in [1.54, 1.807) is 43.0 Å². The summed E-state index contributed by atoms with van der Waals surface area (Å²) in [4.78, 5) is 47.8. The standard InChI is InChI=1S/C18H23N3O6/c1-12(2)19-18(25)20-15(22)10-27-17(24)11-26-14-7-5-13(6-8-14)21-9-3-4-16(21)23/h5-8,12H,3-4,9-11H2,1-2H3,(H2,19,20,22,25). The Morgan fingerprint density at radius 1 is 1.15 bits per heavy atom. The van der Waals surface area contributed by atoms with Crippen LogP contribution in [0.2, 0.25) is 0 Å². The van der Waals surface area contributed by atoms with Gasteiger partial charge >= 0.3 is 12.0 Å². The van der Waals surface area contributed by atoms with E-state index in [1.807, 2.05) is 5.32 Å². The van der Waals surface area contributed by atoms with E-state index in [0.29, 0.717) is 18.7 Å². The molecule has 1 aromatic rings. The van der Waals surface area contributed by atoms with Gasteiger partial charge in [0.15, 0.2) is 13.2 Å². The lowest BCUT2D eigenvalue weighted by Gasteiger charge is -2.16. The van der Waals surface area contributed by atoms with Crippen LogP contribution in [0.3, 0.4) is 0 Å². The third kappa shape index (κ3) is 6.61. The molecular weight excluding hydrogens is 354 g/mol. The first-order valence-corrected chi connectivity index (χ1v) is 8.64. The number of anilines is 1. The molecule has 1 heterocycles. The summed E-state index contributed by atoms with van der Waals surface area (Å²) < 4.78 is 10.0. The molecule has 0 atom stereocenters. The van der Waals surface area contributed by atoms with E-state index in [9.17, 15) is 19.2 Å². The topological polar surface area (TPSA) is 114 Å². The van der Waals surface area contributed by atoms with Crippen LogP contribution < -0.4 is 20.3 Å². The van der Waals surface area contributed by atoms with E-state index in [2.05, 4.69) is 5.32 Å². The largest absolute Gasteiger partial charge is 0.482 e. The van der Waals surface area contributed by atoms with Gasteiger partial charge in [0.1, 0.15) is 5.75 Å². The Morgan fingerprint density at radius 2 is 1.85 bits per heavy atom. The summed E-state index contributed by atoms with van der Waals surface area (Å²) in [7, 11) is 0. The minimum absolute atomic E-state index is 0.0904. The van der Waals surface area contributed by atoms with Gasteiger partial charge in [-0.05, 0) is 44.5 Å². The van der Waals surface area contributed by atoms with Crippen molar-refractivity contribution in [1.29, 1.82) is 0 Å². The number of nitrogens with zero attached hydrogens (tertiary/aromatic N) is 1. The number of nitrogens with one attached hydrogen (secondary N) is 2. The van der Waals surface area contributed by atoms with Gasteiger partial charge in [0, 0.05) is 24.7 Å². The fourth-order valence-corrected chi connectivity index (χ4v) is 2.43. The molecule has 27 heavy (non-hydrogen) atoms. The fraction of sp³-hybridized carbons (Fsp3) is 0.444. The van der Waals surface area contributed by atoms with Gasteiger partial charge in [-0.2, -0.15) is 0 Å². The number of hydrogen-bond acceptors (Lipinski definition) is 6. The number of carbonyl (C=O) groups excluding carboxylic acids is 4. The Morgan fingerprint density at radius 3 is 2.44 bits per heavy atom. The second kappa shape index (κ2) is 9.56. The molecule has 0 bridgehead atoms. The van der Waals surface area contributed by atoms with Crippen molar-refractivity contribution >= 4 is 29.5 Å². The average Bonchev–Trinajstić information content (AvgIpc) is 3.04. The van der Waals surface area contributed by atoms with Gasteiger partial charge in [-0.1, -0.05) is 0 Å². The highest BCUT2D eigenvalue weighted by Gasteiger charge is 2.21. The van der Waals surface area contributed by atoms with E-state index >= 15 is 0 Å². The van der Waals surface area contributed by atoms with Crippen LogP contribution in [-0.2, 0) is 19.1 Å². The van der Waals surface area contributed by atoms with Crippen molar-refractivity contribution < 1.29 is 28.7 Å². The Bertz CT molecular complexity index is 702. The number of imide groups is 1. The molecule has 0 saturated carbocycles. The first-order chi connectivity index (χ1) is 12.8. The van der Waals surface area contributed by atoms with Crippen LogP contribution in [0.25, 0.3) is 0 Å². The highest BCUT2D eigenvalue weighted by atomic mass is 16.6. The number of hydrogen-bond donors (Lipinski definition) is 2. The molecule has 0 radical (unpaired) electrons. The van der Waals surface area contributed by atoms with E-state index in [4.69, 9.17) is 9.47 Å². The zero-order chi connectivity index (χ0) is 19.8. The predicted molar refractivity (Wildman–Crippen MR) is 96.3 cm³/mol. The summed E-state index contributed by atoms with van der Waals surface area (Å²) in [6.07, 6.45) is 1.40. The van der Waals surface area contributed by atoms with Gasteiger partial charge in [-0.15, -0.1) is 0 Å². The maximum Gasteiger partial charge on any atom is 0.344 e. The number of amides is 4. The minimum Gasteiger partial charge on any atom is -0.482 e. The van der Waals surface area contributed by atoms with E-state index in [-0.39, 0.29) is 18.6 Å². The SMILES string of the molecule is CC(C)NC(=O)NC(=O)COC(=O)COc1ccc(N2CCCC2=O)cc1. The molecule has 1 aliphatic rings. The summed E-state index contributed by atoms with van der Waals surface area (Å²) in [5.41, 5.74) is 0.781.